The van der Waals surface area contributed by atoms with Gasteiger partial charge in [-0.3, -0.25) is 22.6 Å². The minimum atomic E-state index is -1.18. The average Bonchev–Trinajstić information content (AvgIpc) is 3.87. The summed E-state index contributed by atoms with van der Waals surface area (Å²) in [7, 11) is 0. The highest BCUT2D eigenvalue weighted by atomic mass is 19.2. The molecule has 2 aliphatic rings. The van der Waals surface area contributed by atoms with Gasteiger partial charge in [0.15, 0.2) is 23.3 Å². The normalized spacial score (nSPS) is 12.7. The van der Waals surface area contributed by atoms with Crippen LogP contribution in [-0.2, 0) is 0 Å². The molecule has 0 bridgehead atoms. The summed E-state index contributed by atoms with van der Waals surface area (Å²) in [4.78, 5) is 0. The highest BCUT2D eigenvalue weighted by Crippen LogP contribution is 2.42. The second-order valence-electron chi connectivity index (χ2n) is 14.5. The number of imidazole rings is 2. The van der Waals surface area contributed by atoms with Crippen molar-refractivity contribution < 1.29 is 39.8 Å². The first-order valence-electron chi connectivity index (χ1n) is 18.3. The molecule has 6 aromatic carbocycles. The maximum atomic E-state index is 15.7. The molecular formula is C44H26BF9N4. The van der Waals surface area contributed by atoms with Crippen molar-refractivity contribution in [3.8, 4) is 22.5 Å². The number of aromatic nitrogens is 4. The lowest BCUT2D eigenvalue weighted by atomic mass is 9.34. The number of hydrogen-bond donors (Lipinski definition) is 0. The third kappa shape index (κ3) is 4.14. The molecule has 0 spiro atoms. The molecule has 0 amide bonds. The summed E-state index contributed by atoms with van der Waals surface area (Å²) < 4.78 is 131. The fourth-order valence-electron chi connectivity index (χ4n) is 9.47. The second kappa shape index (κ2) is 11.7. The van der Waals surface area contributed by atoms with Gasteiger partial charge in [0, 0.05) is 41.0 Å². The summed E-state index contributed by atoms with van der Waals surface area (Å²) in [5.41, 5.74) is 5.21. The predicted octanol–water partition coefficient (Wildman–Crippen LogP) is 10.1. The molecule has 0 radical (unpaired) electrons. The number of nitrogens with zero attached hydrogens (tertiary/aromatic N) is 4. The molecule has 288 valence electrons. The third-order valence-corrected chi connectivity index (χ3v) is 11.7. The molecule has 6 heterocycles. The van der Waals surface area contributed by atoms with E-state index in [0.717, 1.165) is 36.4 Å². The van der Waals surface area contributed by atoms with Crippen LogP contribution in [0.2, 0.25) is 0 Å². The number of hydrogen-bond acceptors (Lipinski definition) is 0. The molecule has 0 saturated carbocycles. The number of rotatable bonds is 1. The van der Waals surface area contributed by atoms with E-state index in [1.54, 1.807) is 47.2 Å². The Morgan fingerprint density at radius 3 is 1.40 bits per heavy atom. The van der Waals surface area contributed by atoms with Gasteiger partial charge in [-0.15, -0.1) is 0 Å². The van der Waals surface area contributed by atoms with Gasteiger partial charge in [0.2, 0.25) is 0 Å². The largest absolute Gasteiger partial charge is 0.295 e. The van der Waals surface area contributed by atoms with Gasteiger partial charge in [0.1, 0.15) is 34.6 Å². The molecule has 4 nitrogen and oxygen atoms in total. The van der Waals surface area contributed by atoms with E-state index in [1.165, 1.54) is 22.6 Å². The van der Waals surface area contributed by atoms with E-state index in [1.807, 2.05) is 18.2 Å². The molecule has 2 aliphatic heterocycles. The zero-order chi connectivity index (χ0) is 39.7. The zero-order valence-corrected chi connectivity index (χ0v) is 30.8. The Balaban J connectivity index is 0.00000134. The van der Waals surface area contributed by atoms with Gasteiger partial charge in [-0.05, 0) is 101 Å². The van der Waals surface area contributed by atoms with Crippen molar-refractivity contribution in [2.24, 2.45) is 0 Å². The van der Waals surface area contributed by atoms with Gasteiger partial charge < -0.3 is 0 Å². The first kappa shape index (κ1) is 35.8. The Kier molecular flexibility index (Phi) is 7.25. The van der Waals surface area contributed by atoms with Crippen LogP contribution in [0.4, 0.5) is 39.8 Å². The Hall–Kier alpha value is -6.57. The van der Waals surface area contributed by atoms with E-state index in [2.05, 4.69) is 0 Å². The van der Waals surface area contributed by atoms with E-state index in [0.29, 0.717) is 72.1 Å². The van der Waals surface area contributed by atoms with Crippen molar-refractivity contribution in [1.82, 2.24) is 17.9 Å². The molecular weight excluding hydrogens is 766 g/mol. The fraction of sp³-hybridized carbons (Fsp3) is 0.0909. The molecule has 0 atom stereocenters. The smallest absolute Gasteiger partial charge is 0.258 e. The van der Waals surface area contributed by atoms with Crippen LogP contribution in [0.25, 0.3) is 77.7 Å². The number of fused-ring (bicyclic) bond motifs is 16. The number of aryl methyl sites for hydroxylation is 2. The molecule has 4 aromatic heterocycles. The highest BCUT2D eigenvalue weighted by Gasteiger charge is 2.46. The molecule has 0 aliphatic carbocycles. The monoisotopic (exact) mass is 792 g/mol. The van der Waals surface area contributed by atoms with Gasteiger partial charge in [-0.1, -0.05) is 19.9 Å². The van der Waals surface area contributed by atoms with Gasteiger partial charge in [-0.25, -0.2) is 35.1 Å². The molecule has 0 unspecified atom stereocenters. The maximum Gasteiger partial charge on any atom is 0.258 e. The van der Waals surface area contributed by atoms with Crippen molar-refractivity contribution in [2.75, 3.05) is 0 Å². The highest BCUT2D eigenvalue weighted by molar-refractivity contribution is 7.02. The third-order valence-electron chi connectivity index (χ3n) is 11.7. The van der Waals surface area contributed by atoms with E-state index < -0.39 is 53.3 Å². The van der Waals surface area contributed by atoms with Crippen LogP contribution in [-0.4, -0.2) is 24.6 Å². The van der Waals surface area contributed by atoms with Crippen molar-refractivity contribution in [2.45, 2.75) is 27.7 Å². The van der Waals surface area contributed by atoms with Gasteiger partial charge in [0.25, 0.3) is 6.71 Å². The van der Waals surface area contributed by atoms with E-state index in [9.17, 15) is 0 Å². The van der Waals surface area contributed by atoms with E-state index >= 15 is 35.1 Å². The first-order chi connectivity index (χ1) is 27.4. The summed E-state index contributed by atoms with van der Waals surface area (Å²) in [6.45, 7) is 6.39. The van der Waals surface area contributed by atoms with E-state index in [4.69, 9.17) is 0 Å². The van der Waals surface area contributed by atoms with Gasteiger partial charge >= 0.3 is 0 Å². The maximum absolute atomic E-state index is 15.7. The van der Waals surface area contributed by atoms with E-state index in [-0.39, 0.29) is 37.8 Å². The molecule has 0 N–H and O–H groups in total. The number of halogens is 9. The van der Waals surface area contributed by atoms with Crippen LogP contribution in [0.15, 0.2) is 78.9 Å². The van der Waals surface area contributed by atoms with Crippen molar-refractivity contribution in [3.63, 3.8) is 0 Å². The SMILES string of the molecule is CC.Cc1cc2c(cc1F)n1c3c(c4cc(C)c(F)cc4n23)B2c3c-1cc(-c1c(F)cccc1F)cc3-n1c3cc(F)c(F)cc3n3c4cc(F)c(F)cc4c2c13.F. The van der Waals surface area contributed by atoms with Crippen molar-refractivity contribution in [1.29, 1.82) is 0 Å². The molecule has 10 aromatic rings. The summed E-state index contributed by atoms with van der Waals surface area (Å²) in [6, 6.07) is 16.7. The lowest BCUT2D eigenvalue weighted by Gasteiger charge is -2.32. The summed E-state index contributed by atoms with van der Waals surface area (Å²) in [6.07, 6.45) is 0. The Labute approximate surface area is 322 Å². The van der Waals surface area contributed by atoms with Crippen LogP contribution < -0.4 is 16.4 Å². The summed E-state index contributed by atoms with van der Waals surface area (Å²) in [5.74, 6) is -7.41. The van der Waals surface area contributed by atoms with Crippen LogP contribution in [0.3, 0.4) is 0 Å². The fourth-order valence-corrected chi connectivity index (χ4v) is 9.47. The minimum absolute atomic E-state index is 0. The zero-order valence-electron chi connectivity index (χ0n) is 30.8. The molecule has 0 fully saturated rings. The second-order valence-corrected chi connectivity index (χ2v) is 14.5. The van der Waals surface area contributed by atoms with Gasteiger partial charge in [0.05, 0.1) is 38.7 Å². The quantitative estimate of drug-likeness (QED) is 0.117. The van der Waals surface area contributed by atoms with Crippen molar-refractivity contribution >= 4 is 78.3 Å². The molecule has 12 rings (SSSR count). The molecule has 14 heteroatoms. The van der Waals surface area contributed by atoms with Crippen LogP contribution in [0.1, 0.15) is 25.0 Å². The Morgan fingerprint density at radius 2 is 0.845 bits per heavy atom. The van der Waals surface area contributed by atoms with Gasteiger partial charge in [-0.2, -0.15) is 0 Å². The molecule has 58 heavy (non-hydrogen) atoms. The Morgan fingerprint density at radius 1 is 0.431 bits per heavy atom. The summed E-state index contributed by atoms with van der Waals surface area (Å²) in [5, 5.41) is 0.895. The topological polar surface area (TPSA) is 18.7 Å². The average molecular weight is 793 g/mol. The lowest BCUT2D eigenvalue weighted by molar-refractivity contribution is 0.510. The van der Waals surface area contributed by atoms with Crippen LogP contribution in [0, 0.1) is 60.4 Å². The van der Waals surface area contributed by atoms with Crippen LogP contribution in [0.5, 0.6) is 0 Å². The molecule has 0 saturated heterocycles. The summed E-state index contributed by atoms with van der Waals surface area (Å²) >= 11 is 0. The Bertz CT molecular complexity index is 3300. The predicted molar refractivity (Wildman–Crippen MR) is 210 cm³/mol. The van der Waals surface area contributed by atoms with Crippen LogP contribution >= 0.6 is 0 Å². The first-order valence-corrected chi connectivity index (χ1v) is 18.3. The lowest BCUT2D eigenvalue weighted by Crippen LogP contribution is -2.59. The number of benzene rings is 6. The van der Waals surface area contributed by atoms with Crippen molar-refractivity contribution in [3.05, 3.63) is 137 Å². The minimum Gasteiger partial charge on any atom is -0.295 e. The standard InChI is InChI=1S/C42H19BF8N4.C2H6.FH/c1-16-6-19-29(11-23(16)46)52-31-7-17(2)24(47)12-32(31)54-35-8-18(37-21(44)4-3-5-22(37)45)9-36-40(35)43(38(19)41(52)54)39-20-10-25(48)26(49)13-30(20)53-33-14-27(50)28(51)15-34(33)55(36)42(39)53;1-2;/h3-15H,1-2H3;1-2H3;1H.